The van der Waals surface area contributed by atoms with Crippen molar-refractivity contribution in [1.82, 2.24) is 9.80 Å². The first kappa shape index (κ1) is 21.7. The second kappa shape index (κ2) is 9.52. The Morgan fingerprint density at radius 2 is 1.85 bits per heavy atom. The highest BCUT2D eigenvalue weighted by molar-refractivity contribution is 7.91. The Hall–Kier alpha value is -1.64. The lowest BCUT2D eigenvalue weighted by Crippen LogP contribution is -2.41. The van der Waals surface area contributed by atoms with Crippen LogP contribution in [-0.4, -0.2) is 89.5 Å². The molecule has 0 N–H and O–H groups in total. The molecule has 0 aliphatic carbocycles. The number of sulfone groups is 1. The van der Waals surface area contributed by atoms with Gasteiger partial charge >= 0.3 is 0 Å². The maximum Gasteiger partial charge on any atom is 0.176 e. The fourth-order valence-electron chi connectivity index (χ4n) is 3.33. The number of ketones is 1. The molecule has 8 heteroatoms. The van der Waals surface area contributed by atoms with Gasteiger partial charge in [-0.15, -0.1) is 0 Å². The predicted molar refractivity (Wildman–Crippen MR) is 106 cm³/mol. The minimum Gasteiger partial charge on any atom is -0.493 e. The molecule has 0 aromatic heterocycles. The second-order valence-corrected chi connectivity index (χ2v) is 9.41. The molecule has 1 atom stereocenters. The van der Waals surface area contributed by atoms with E-state index in [0.717, 1.165) is 13.0 Å². The fourth-order valence-corrected chi connectivity index (χ4v) is 5.09. The van der Waals surface area contributed by atoms with Crippen LogP contribution >= 0.6 is 0 Å². The van der Waals surface area contributed by atoms with Crippen molar-refractivity contribution in [2.24, 2.45) is 0 Å². The van der Waals surface area contributed by atoms with Gasteiger partial charge in [0.2, 0.25) is 0 Å². The number of hydrogen-bond donors (Lipinski definition) is 0. The Morgan fingerprint density at radius 3 is 2.41 bits per heavy atom. The Morgan fingerprint density at radius 1 is 1.15 bits per heavy atom. The van der Waals surface area contributed by atoms with E-state index < -0.39 is 9.84 Å². The van der Waals surface area contributed by atoms with Crippen molar-refractivity contribution < 1.29 is 22.7 Å². The van der Waals surface area contributed by atoms with Crippen molar-refractivity contribution in [2.75, 3.05) is 59.5 Å². The zero-order chi connectivity index (χ0) is 20.0. The number of nitrogens with zero attached hydrogens (tertiary/aromatic N) is 2. The lowest BCUT2D eigenvalue weighted by atomic mass is 10.1. The largest absolute Gasteiger partial charge is 0.493 e. The molecule has 152 valence electrons. The lowest BCUT2D eigenvalue weighted by molar-refractivity contribution is 0.0896. The van der Waals surface area contributed by atoms with Crippen LogP contribution in [0.3, 0.4) is 0 Å². The molecular formula is C19H30N2O5S. The first-order valence-corrected chi connectivity index (χ1v) is 10.9. The summed E-state index contributed by atoms with van der Waals surface area (Å²) in [6.45, 7) is 1.78. The molecule has 0 unspecified atom stereocenters. The highest BCUT2D eigenvalue weighted by Crippen LogP contribution is 2.28. The molecule has 1 saturated heterocycles. The molecule has 0 radical (unpaired) electrons. The number of Topliss-reactive ketones (excluding diaryl/α,β-unsaturated/α-hetero) is 1. The summed E-state index contributed by atoms with van der Waals surface area (Å²) in [5, 5.41) is 0. The van der Waals surface area contributed by atoms with Crippen LogP contribution in [0.25, 0.3) is 0 Å². The van der Waals surface area contributed by atoms with Crippen molar-refractivity contribution in [3.63, 3.8) is 0 Å². The summed E-state index contributed by atoms with van der Waals surface area (Å²) < 4.78 is 34.3. The summed E-state index contributed by atoms with van der Waals surface area (Å²) in [4.78, 5) is 16.9. The third-order valence-corrected chi connectivity index (χ3v) is 6.58. The van der Waals surface area contributed by atoms with E-state index in [2.05, 4.69) is 4.90 Å². The lowest BCUT2D eigenvalue weighted by Gasteiger charge is -2.28. The van der Waals surface area contributed by atoms with Crippen LogP contribution in [0.2, 0.25) is 0 Å². The maximum absolute atomic E-state index is 12.8. The van der Waals surface area contributed by atoms with Crippen molar-refractivity contribution in [1.29, 1.82) is 0 Å². The molecule has 1 aromatic carbocycles. The van der Waals surface area contributed by atoms with E-state index in [0.29, 0.717) is 30.0 Å². The first-order valence-electron chi connectivity index (χ1n) is 9.10. The standard InChI is InChI=1S/C19H30N2O5S/c1-20(2)9-5-10-21(16-8-11-27(23,24)14-16)13-17(22)15-6-7-18(25-3)19(12-15)26-4/h6-7,12,16H,5,8-11,13-14H2,1-4H3/t16-/m1/s1. The smallest absolute Gasteiger partial charge is 0.176 e. The highest BCUT2D eigenvalue weighted by Gasteiger charge is 2.33. The topological polar surface area (TPSA) is 76.2 Å². The van der Waals surface area contributed by atoms with Crippen LogP contribution in [0.15, 0.2) is 18.2 Å². The van der Waals surface area contributed by atoms with E-state index >= 15 is 0 Å². The minimum atomic E-state index is -3.00. The Balaban J connectivity index is 2.12. The minimum absolute atomic E-state index is 0.0508. The van der Waals surface area contributed by atoms with E-state index in [1.807, 2.05) is 19.0 Å². The zero-order valence-corrected chi connectivity index (χ0v) is 17.4. The van der Waals surface area contributed by atoms with E-state index in [1.54, 1.807) is 25.3 Å². The van der Waals surface area contributed by atoms with Gasteiger partial charge in [-0.05, 0) is 51.7 Å². The van der Waals surface area contributed by atoms with E-state index in [9.17, 15) is 13.2 Å². The SMILES string of the molecule is COc1ccc(C(=O)CN(CCCN(C)C)[C@@H]2CCS(=O)(=O)C2)cc1OC. The van der Waals surface area contributed by atoms with Gasteiger partial charge in [0.15, 0.2) is 27.1 Å². The van der Waals surface area contributed by atoms with Gasteiger partial charge in [-0.2, -0.15) is 0 Å². The van der Waals surface area contributed by atoms with Crippen molar-refractivity contribution in [3.05, 3.63) is 23.8 Å². The van der Waals surface area contributed by atoms with Crippen molar-refractivity contribution in [3.8, 4) is 11.5 Å². The van der Waals surface area contributed by atoms with Gasteiger partial charge in [0.1, 0.15) is 0 Å². The molecule has 27 heavy (non-hydrogen) atoms. The molecule has 0 amide bonds. The molecule has 0 bridgehead atoms. The van der Waals surface area contributed by atoms with E-state index in [1.165, 1.54) is 7.11 Å². The number of carbonyl (C=O) groups is 1. The molecule has 1 fully saturated rings. The third-order valence-electron chi connectivity index (χ3n) is 4.83. The number of ether oxygens (including phenoxy) is 2. The van der Waals surface area contributed by atoms with Crippen LogP contribution in [0.5, 0.6) is 11.5 Å². The van der Waals surface area contributed by atoms with E-state index in [-0.39, 0.29) is 29.9 Å². The fraction of sp³-hybridized carbons (Fsp3) is 0.632. The summed E-state index contributed by atoms with van der Waals surface area (Å²) in [5.74, 6) is 1.36. The molecule has 1 aliphatic heterocycles. The quantitative estimate of drug-likeness (QED) is 0.550. The monoisotopic (exact) mass is 398 g/mol. The highest BCUT2D eigenvalue weighted by atomic mass is 32.2. The maximum atomic E-state index is 12.8. The van der Waals surface area contributed by atoms with Gasteiger partial charge in [-0.3, -0.25) is 9.69 Å². The first-order chi connectivity index (χ1) is 12.8. The number of benzene rings is 1. The van der Waals surface area contributed by atoms with Crippen molar-refractivity contribution in [2.45, 2.75) is 18.9 Å². The van der Waals surface area contributed by atoms with Gasteiger partial charge in [-0.25, -0.2) is 8.42 Å². The molecule has 1 heterocycles. The summed E-state index contributed by atoms with van der Waals surface area (Å²) >= 11 is 0. The van der Waals surface area contributed by atoms with Crippen molar-refractivity contribution >= 4 is 15.6 Å². The van der Waals surface area contributed by atoms with Gasteiger partial charge in [0, 0.05) is 18.2 Å². The van der Waals surface area contributed by atoms with Gasteiger partial charge in [0.25, 0.3) is 0 Å². The Bertz CT molecular complexity index is 748. The Labute approximate surface area is 162 Å². The van der Waals surface area contributed by atoms with Crippen LogP contribution in [0.4, 0.5) is 0 Å². The normalized spacial score (nSPS) is 18.8. The number of carbonyl (C=O) groups excluding carboxylic acids is 1. The van der Waals surface area contributed by atoms with Gasteiger partial charge < -0.3 is 14.4 Å². The molecule has 0 spiro atoms. The third kappa shape index (κ3) is 6.19. The number of hydrogen-bond acceptors (Lipinski definition) is 7. The predicted octanol–water partition coefficient (Wildman–Crippen LogP) is 1.33. The van der Waals surface area contributed by atoms with Crippen LogP contribution in [0, 0.1) is 0 Å². The molecule has 1 aromatic rings. The second-order valence-electron chi connectivity index (χ2n) is 7.18. The molecule has 7 nitrogen and oxygen atoms in total. The molecule has 2 rings (SSSR count). The number of rotatable bonds is 10. The molecular weight excluding hydrogens is 368 g/mol. The van der Waals surface area contributed by atoms with Crippen LogP contribution in [-0.2, 0) is 9.84 Å². The van der Waals surface area contributed by atoms with E-state index in [4.69, 9.17) is 9.47 Å². The summed E-state index contributed by atoms with van der Waals surface area (Å²) in [6, 6.07) is 5.00. The van der Waals surface area contributed by atoms with Crippen LogP contribution < -0.4 is 9.47 Å². The summed E-state index contributed by atoms with van der Waals surface area (Å²) in [7, 11) is 4.08. The molecule has 1 aliphatic rings. The average Bonchev–Trinajstić information content (AvgIpc) is 2.99. The van der Waals surface area contributed by atoms with Gasteiger partial charge in [0.05, 0.1) is 32.3 Å². The Kier molecular flexibility index (Phi) is 7.64. The van der Waals surface area contributed by atoms with Gasteiger partial charge in [-0.1, -0.05) is 0 Å². The molecule has 0 saturated carbocycles. The summed E-state index contributed by atoms with van der Waals surface area (Å²) in [6.07, 6.45) is 1.46. The number of methoxy groups -OCH3 is 2. The average molecular weight is 399 g/mol. The summed E-state index contributed by atoms with van der Waals surface area (Å²) in [5.41, 5.74) is 0.533. The zero-order valence-electron chi connectivity index (χ0n) is 16.6. The van der Waals surface area contributed by atoms with Crippen LogP contribution in [0.1, 0.15) is 23.2 Å².